The van der Waals surface area contributed by atoms with Gasteiger partial charge in [0, 0.05) is 0 Å². The van der Waals surface area contributed by atoms with Crippen LogP contribution in [0.2, 0.25) is 0 Å². The fourth-order valence-electron chi connectivity index (χ4n) is 1.88. The van der Waals surface area contributed by atoms with E-state index < -0.39 is 0 Å². The summed E-state index contributed by atoms with van der Waals surface area (Å²) in [6.07, 6.45) is 2.03. The molecule has 1 heterocycles. The van der Waals surface area contributed by atoms with E-state index >= 15 is 0 Å². The fourth-order valence-corrected chi connectivity index (χ4v) is 1.88. The Morgan fingerprint density at radius 1 is 1.38 bits per heavy atom. The van der Waals surface area contributed by atoms with Gasteiger partial charge >= 0.3 is 5.97 Å². The van der Waals surface area contributed by atoms with Crippen molar-refractivity contribution in [3.05, 3.63) is 0 Å². The smallest absolute Gasteiger partial charge is 0.308 e. The van der Waals surface area contributed by atoms with Crippen molar-refractivity contribution in [1.82, 2.24) is 4.90 Å². The molecule has 1 aliphatic rings. The van der Waals surface area contributed by atoms with Gasteiger partial charge in [0.05, 0.1) is 13.0 Å². The molecule has 2 unspecified atom stereocenters. The third kappa shape index (κ3) is 2.69. The summed E-state index contributed by atoms with van der Waals surface area (Å²) in [5, 5.41) is 0. The molecule has 0 N–H and O–H groups in total. The number of carbonyl (C=O) groups excluding carboxylic acids is 1. The number of nitrogens with zero attached hydrogens (tertiary/aromatic N) is 1. The Morgan fingerprint density at radius 2 is 2.00 bits per heavy atom. The molecular weight excluding hydrogens is 166 g/mol. The molecule has 13 heavy (non-hydrogen) atoms. The molecule has 0 aromatic heterocycles. The highest BCUT2D eigenvalue weighted by Crippen LogP contribution is 2.24. The van der Waals surface area contributed by atoms with Gasteiger partial charge < -0.3 is 9.64 Å². The molecule has 0 amide bonds. The van der Waals surface area contributed by atoms with Crippen molar-refractivity contribution in [2.75, 3.05) is 27.2 Å². The highest BCUT2D eigenvalue weighted by molar-refractivity contribution is 5.72. The van der Waals surface area contributed by atoms with Crippen molar-refractivity contribution >= 4 is 5.97 Å². The molecule has 0 aromatic carbocycles. The summed E-state index contributed by atoms with van der Waals surface area (Å²) in [6, 6.07) is 0. The van der Waals surface area contributed by atoms with Gasteiger partial charge in [-0.1, -0.05) is 6.92 Å². The maximum atomic E-state index is 11.4. The Kier molecular flexibility index (Phi) is 3.72. The van der Waals surface area contributed by atoms with E-state index in [0.717, 1.165) is 25.9 Å². The van der Waals surface area contributed by atoms with Crippen LogP contribution in [0.3, 0.4) is 0 Å². The number of hydrogen-bond donors (Lipinski definition) is 0. The van der Waals surface area contributed by atoms with Gasteiger partial charge in [0.2, 0.25) is 0 Å². The number of hydrogen-bond acceptors (Lipinski definition) is 3. The molecule has 3 heteroatoms. The van der Waals surface area contributed by atoms with Gasteiger partial charge in [-0.2, -0.15) is 0 Å². The van der Waals surface area contributed by atoms with E-state index in [9.17, 15) is 4.79 Å². The third-order valence-corrected chi connectivity index (χ3v) is 2.98. The molecule has 76 valence electrons. The number of ether oxygens (including phenoxy) is 1. The molecule has 0 spiro atoms. The van der Waals surface area contributed by atoms with Crippen LogP contribution in [-0.2, 0) is 9.53 Å². The quantitative estimate of drug-likeness (QED) is 0.574. The zero-order valence-corrected chi connectivity index (χ0v) is 8.75. The van der Waals surface area contributed by atoms with Gasteiger partial charge in [0.15, 0.2) is 0 Å². The molecule has 1 aliphatic heterocycles. The maximum Gasteiger partial charge on any atom is 0.308 e. The highest BCUT2D eigenvalue weighted by atomic mass is 16.5. The molecule has 0 saturated carbocycles. The predicted octanol–water partition coefficient (Wildman–Crippen LogP) is 1.14. The van der Waals surface area contributed by atoms with E-state index in [1.807, 2.05) is 0 Å². The lowest BCUT2D eigenvalue weighted by Crippen LogP contribution is -2.23. The average Bonchev–Trinajstić information content (AvgIpc) is 2.28. The Bertz CT molecular complexity index is 182. The predicted molar refractivity (Wildman–Crippen MR) is 51.4 cm³/mol. The fraction of sp³-hybridized carbons (Fsp3) is 0.900. The van der Waals surface area contributed by atoms with Crippen LogP contribution in [0.15, 0.2) is 0 Å². The number of methoxy groups -OCH3 is 1. The molecule has 1 saturated heterocycles. The molecular formula is C10H19NO2. The van der Waals surface area contributed by atoms with Gasteiger partial charge in [-0.25, -0.2) is 0 Å². The number of rotatable bonds is 1. The van der Waals surface area contributed by atoms with Crippen LogP contribution >= 0.6 is 0 Å². The minimum atomic E-state index is -0.0391. The minimum absolute atomic E-state index is 0.0391. The van der Waals surface area contributed by atoms with Crippen molar-refractivity contribution in [3.63, 3.8) is 0 Å². The Balaban J connectivity index is 2.56. The summed E-state index contributed by atoms with van der Waals surface area (Å²) in [6.45, 7) is 4.24. The lowest BCUT2D eigenvalue weighted by molar-refractivity contribution is -0.147. The summed E-state index contributed by atoms with van der Waals surface area (Å²) >= 11 is 0. The standard InChI is InChI=1S/C10H19NO2/c1-8-4-6-11(2)7-5-9(8)10(12)13-3/h8-9H,4-7H2,1-3H3. The molecule has 1 fully saturated rings. The summed E-state index contributed by atoms with van der Waals surface area (Å²) in [7, 11) is 3.58. The summed E-state index contributed by atoms with van der Waals surface area (Å²) in [5.41, 5.74) is 0. The van der Waals surface area contributed by atoms with Gasteiger partial charge in [-0.3, -0.25) is 4.79 Å². The highest BCUT2D eigenvalue weighted by Gasteiger charge is 2.28. The molecule has 1 rings (SSSR count). The SMILES string of the molecule is COC(=O)C1CCN(C)CCC1C. The van der Waals surface area contributed by atoms with Crippen molar-refractivity contribution in [3.8, 4) is 0 Å². The van der Waals surface area contributed by atoms with E-state index in [1.165, 1.54) is 7.11 Å². The Hall–Kier alpha value is -0.570. The summed E-state index contributed by atoms with van der Waals surface area (Å²) < 4.78 is 4.79. The van der Waals surface area contributed by atoms with Crippen molar-refractivity contribution in [1.29, 1.82) is 0 Å². The van der Waals surface area contributed by atoms with Gasteiger partial charge in [0.25, 0.3) is 0 Å². The molecule has 0 radical (unpaired) electrons. The van der Waals surface area contributed by atoms with E-state index in [-0.39, 0.29) is 11.9 Å². The van der Waals surface area contributed by atoms with Crippen LogP contribution in [0, 0.1) is 11.8 Å². The normalized spacial score (nSPS) is 31.0. The number of likely N-dealkylation sites (tertiary alicyclic amines) is 1. The monoisotopic (exact) mass is 185 g/mol. The summed E-state index contributed by atoms with van der Waals surface area (Å²) in [4.78, 5) is 13.7. The van der Waals surface area contributed by atoms with Crippen LogP contribution in [0.1, 0.15) is 19.8 Å². The van der Waals surface area contributed by atoms with Gasteiger partial charge in [0.1, 0.15) is 0 Å². The summed E-state index contributed by atoms with van der Waals surface area (Å²) in [5.74, 6) is 0.523. The van der Waals surface area contributed by atoms with Crippen molar-refractivity contribution < 1.29 is 9.53 Å². The Morgan fingerprint density at radius 3 is 2.62 bits per heavy atom. The molecule has 0 aliphatic carbocycles. The van der Waals surface area contributed by atoms with Crippen LogP contribution in [0.25, 0.3) is 0 Å². The van der Waals surface area contributed by atoms with E-state index in [2.05, 4.69) is 18.9 Å². The third-order valence-electron chi connectivity index (χ3n) is 2.98. The lowest BCUT2D eigenvalue weighted by atomic mass is 9.90. The first kappa shape index (κ1) is 10.5. The zero-order valence-electron chi connectivity index (χ0n) is 8.75. The largest absolute Gasteiger partial charge is 0.469 e. The van der Waals surface area contributed by atoms with E-state index in [1.54, 1.807) is 0 Å². The lowest BCUT2D eigenvalue weighted by Gasteiger charge is -2.17. The van der Waals surface area contributed by atoms with Crippen molar-refractivity contribution in [2.24, 2.45) is 11.8 Å². The van der Waals surface area contributed by atoms with E-state index in [4.69, 9.17) is 4.74 Å². The topological polar surface area (TPSA) is 29.5 Å². The van der Waals surface area contributed by atoms with Crippen LogP contribution in [0.5, 0.6) is 0 Å². The average molecular weight is 185 g/mol. The molecule has 2 atom stereocenters. The number of carbonyl (C=O) groups is 1. The Labute approximate surface area is 80.1 Å². The first-order valence-corrected chi connectivity index (χ1v) is 4.91. The molecule has 0 aromatic rings. The van der Waals surface area contributed by atoms with E-state index in [0.29, 0.717) is 5.92 Å². The first-order valence-electron chi connectivity index (χ1n) is 4.91. The van der Waals surface area contributed by atoms with Gasteiger partial charge in [-0.05, 0) is 38.9 Å². The first-order chi connectivity index (χ1) is 6.15. The van der Waals surface area contributed by atoms with Crippen LogP contribution in [-0.4, -0.2) is 38.1 Å². The second kappa shape index (κ2) is 4.61. The number of esters is 1. The molecule has 3 nitrogen and oxygen atoms in total. The van der Waals surface area contributed by atoms with Crippen LogP contribution < -0.4 is 0 Å². The van der Waals surface area contributed by atoms with Gasteiger partial charge in [-0.15, -0.1) is 0 Å². The van der Waals surface area contributed by atoms with Crippen LogP contribution in [0.4, 0.5) is 0 Å². The molecule has 0 bridgehead atoms. The second-order valence-electron chi connectivity index (χ2n) is 3.99. The zero-order chi connectivity index (χ0) is 9.84. The van der Waals surface area contributed by atoms with Crippen molar-refractivity contribution in [2.45, 2.75) is 19.8 Å². The second-order valence-corrected chi connectivity index (χ2v) is 3.99. The minimum Gasteiger partial charge on any atom is -0.469 e. The maximum absolute atomic E-state index is 11.4.